The number of hydrogen-bond donors (Lipinski definition) is 1. The van der Waals surface area contributed by atoms with E-state index in [2.05, 4.69) is 44.0 Å². The summed E-state index contributed by atoms with van der Waals surface area (Å²) in [4.78, 5) is 5.33. The molecule has 1 aromatic heterocycles. The standard InChI is InChI=1S/C14H18N2S/c1-14(2,3)11-5-4-10(13(15)7-11)6-12-8-16-9-17-12/h4-5,7-9H,6,15H2,1-3H3. The van der Waals surface area contributed by atoms with Crippen molar-refractivity contribution >= 4 is 17.0 Å². The van der Waals surface area contributed by atoms with Crippen molar-refractivity contribution in [2.45, 2.75) is 32.6 Å². The Kier molecular flexibility index (Phi) is 3.20. The lowest BCUT2D eigenvalue weighted by molar-refractivity contribution is 0.590. The van der Waals surface area contributed by atoms with Crippen molar-refractivity contribution in [1.29, 1.82) is 0 Å². The van der Waals surface area contributed by atoms with Crippen LogP contribution in [0.4, 0.5) is 5.69 Å². The third kappa shape index (κ3) is 2.86. The Balaban J connectivity index is 2.26. The zero-order chi connectivity index (χ0) is 12.5. The van der Waals surface area contributed by atoms with Gasteiger partial charge in [0.25, 0.3) is 0 Å². The summed E-state index contributed by atoms with van der Waals surface area (Å²) in [7, 11) is 0. The van der Waals surface area contributed by atoms with E-state index < -0.39 is 0 Å². The van der Waals surface area contributed by atoms with Crippen LogP contribution in [0.3, 0.4) is 0 Å². The highest BCUT2D eigenvalue weighted by Gasteiger charge is 2.14. The molecule has 0 fully saturated rings. The van der Waals surface area contributed by atoms with Crippen molar-refractivity contribution in [3.8, 4) is 0 Å². The summed E-state index contributed by atoms with van der Waals surface area (Å²) in [5.41, 5.74) is 11.5. The lowest BCUT2D eigenvalue weighted by Crippen LogP contribution is -2.12. The molecule has 0 aliphatic rings. The minimum Gasteiger partial charge on any atom is -0.398 e. The minimum absolute atomic E-state index is 0.150. The molecule has 0 radical (unpaired) electrons. The number of nitrogen functional groups attached to an aromatic ring is 1. The van der Waals surface area contributed by atoms with Crippen molar-refractivity contribution in [3.63, 3.8) is 0 Å². The third-order valence-corrected chi connectivity index (χ3v) is 3.64. The highest BCUT2D eigenvalue weighted by atomic mass is 32.1. The van der Waals surface area contributed by atoms with Gasteiger partial charge in [0, 0.05) is 23.2 Å². The molecule has 1 heterocycles. The van der Waals surface area contributed by atoms with Gasteiger partial charge in [0.2, 0.25) is 0 Å². The van der Waals surface area contributed by atoms with Gasteiger partial charge in [-0.3, -0.25) is 4.98 Å². The number of nitrogens with zero attached hydrogens (tertiary/aromatic N) is 1. The molecule has 0 unspecified atom stereocenters. The van der Waals surface area contributed by atoms with Crippen LogP contribution < -0.4 is 5.73 Å². The van der Waals surface area contributed by atoms with E-state index in [4.69, 9.17) is 5.73 Å². The van der Waals surface area contributed by atoms with Crippen molar-refractivity contribution in [2.75, 3.05) is 5.73 Å². The molecule has 2 N–H and O–H groups in total. The van der Waals surface area contributed by atoms with Crippen molar-refractivity contribution in [2.24, 2.45) is 0 Å². The summed E-state index contributed by atoms with van der Waals surface area (Å²) in [5.74, 6) is 0. The van der Waals surface area contributed by atoms with E-state index in [1.54, 1.807) is 11.3 Å². The van der Waals surface area contributed by atoms with E-state index in [1.807, 2.05) is 11.7 Å². The predicted molar refractivity (Wildman–Crippen MR) is 74.5 cm³/mol. The number of nitrogens with two attached hydrogens (primary N) is 1. The first-order valence-electron chi connectivity index (χ1n) is 5.73. The van der Waals surface area contributed by atoms with Gasteiger partial charge in [-0.2, -0.15) is 0 Å². The smallest absolute Gasteiger partial charge is 0.0794 e. The molecule has 17 heavy (non-hydrogen) atoms. The molecule has 0 aliphatic heterocycles. The quantitative estimate of drug-likeness (QED) is 0.822. The van der Waals surface area contributed by atoms with Gasteiger partial charge in [-0.25, -0.2) is 0 Å². The zero-order valence-electron chi connectivity index (χ0n) is 10.5. The number of anilines is 1. The largest absolute Gasteiger partial charge is 0.398 e. The van der Waals surface area contributed by atoms with Gasteiger partial charge in [0.1, 0.15) is 0 Å². The number of rotatable bonds is 2. The fourth-order valence-corrected chi connectivity index (χ4v) is 2.36. The molecule has 2 rings (SSSR count). The van der Waals surface area contributed by atoms with E-state index in [1.165, 1.54) is 16.0 Å². The average molecular weight is 246 g/mol. The zero-order valence-corrected chi connectivity index (χ0v) is 11.3. The molecule has 0 saturated heterocycles. The Morgan fingerprint density at radius 1 is 1.29 bits per heavy atom. The molecule has 0 amide bonds. The number of thiazole rings is 1. The Hall–Kier alpha value is -1.35. The molecular formula is C14H18N2S. The summed E-state index contributed by atoms with van der Waals surface area (Å²) < 4.78 is 0. The molecule has 2 nitrogen and oxygen atoms in total. The van der Waals surface area contributed by atoms with Gasteiger partial charge < -0.3 is 5.73 Å². The molecule has 3 heteroatoms. The Morgan fingerprint density at radius 3 is 2.59 bits per heavy atom. The summed E-state index contributed by atoms with van der Waals surface area (Å²) in [6.07, 6.45) is 2.78. The molecular weight excluding hydrogens is 228 g/mol. The first-order chi connectivity index (χ1) is 7.97. The summed E-state index contributed by atoms with van der Waals surface area (Å²) in [5, 5.41) is 0. The van der Waals surface area contributed by atoms with E-state index >= 15 is 0 Å². The van der Waals surface area contributed by atoms with E-state index in [9.17, 15) is 0 Å². The maximum atomic E-state index is 6.12. The van der Waals surface area contributed by atoms with E-state index in [0.29, 0.717) is 0 Å². The molecule has 0 bridgehead atoms. The average Bonchev–Trinajstić information content (AvgIpc) is 2.72. The minimum atomic E-state index is 0.150. The summed E-state index contributed by atoms with van der Waals surface area (Å²) in [6.45, 7) is 6.60. The van der Waals surface area contributed by atoms with Crippen LogP contribution in [0, 0.1) is 0 Å². The van der Waals surface area contributed by atoms with Crippen LogP contribution in [0.25, 0.3) is 0 Å². The Labute approximate surface area is 107 Å². The van der Waals surface area contributed by atoms with E-state index in [0.717, 1.165) is 12.1 Å². The van der Waals surface area contributed by atoms with Crippen molar-refractivity contribution in [3.05, 3.63) is 45.9 Å². The lowest BCUT2D eigenvalue weighted by Gasteiger charge is -2.20. The van der Waals surface area contributed by atoms with Gasteiger partial charge in [-0.1, -0.05) is 32.9 Å². The van der Waals surface area contributed by atoms with Gasteiger partial charge in [-0.05, 0) is 22.6 Å². The molecule has 1 aromatic carbocycles. The molecule has 0 spiro atoms. The van der Waals surface area contributed by atoms with Crippen LogP contribution in [0.2, 0.25) is 0 Å². The SMILES string of the molecule is CC(C)(C)c1ccc(Cc2cncs2)c(N)c1. The van der Waals surface area contributed by atoms with Gasteiger partial charge >= 0.3 is 0 Å². The molecule has 0 atom stereocenters. The topological polar surface area (TPSA) is 38.9 Å². The highest BCUT2D eigenvalue weighted by molar-refractivity contribution is 7.09. The van der Waals surface area contributed by atoms with Gasteiger partial charge in [-0.15, -0.1) is 11.3 Å². The maximum Gasteiger partial charge on any atom is 0.0794 e. The monoisotopic (exact) mass is 246 g/mol. The molecule has 0 aliphatic carbocycles. The van der Waals surface area contributed by atoms with Gasteiger partial charge in [0.05, 0.1) is 5.51 Å². The van der Waals surface area contributed by atoms with Crippen LogP contribution in [0.5, 0.6) is 0 Å². The van der Waals surface area contributed by atoms with Gasteiger partial charge in [0.15, 0.2) is 0 Å². The first kappa shape index (κ1) is 12.1. The Bertz CT molecular complexity index is 495. The maximum absolute atomic E-state index is 6.12. The second-order valence-electron chi connectivity index (χ2n) is 5.31. The fraction of sp³-hybridized carbons (Fsp3) is 0.357. The number of benzene rings is 1. The lowest BCUT2D eigenvalue weighted by atomic mass is 9.86. The normalized spacial score (nSPS) is 11.7. The van der Waals surface area contributed by atoms with Crippen LogP contribution in [0.1, 0.15) is 36.8 Å². The molecule has 90 valence electrons. The molecule has 0 saturated carbocycles. The van der Waals surface area contributed by atoms with Crippen LogP contribution in [-0.4, -0.2) is 4.98 Å². The van der Waals surface area contributed by atoms with E-state index in [-0.39, 0.29) is 5.41 Å². The molecule has 2 aromatic rings. The van der Waals surface area contributed by atoms with Crippen LogP contribution >= 0.6 is 11.3 Å². The van der Waals surface area contributed by atoms with Crippen LogP contribution in [0.15, 0.2) is 29.9 Å². The second-order valence-corrected chi connectivity index (χ2v) is 6.28. The van der Waals surface area contributed by atoms with Crippen LogP contribution in [-0.2, 0) is 11.8 Å². The second kappa shape index (κ2) is 4.49. The predicted octanol–water partition coefficient (Wildman–Crippen LogP) is 3.61. The summed E-state index contributed by atoms with van der Waals surface area (Å²) in [6, 6.07) is 6.40. The fourth-order valence-electron chi connectivity index (χ4n) is 1.74. The van der Waals surface area contributed by atoms with Crippen molar-refractivity contribution < 1.29 is 0 Å². The Morgan fingerprint density at radius 2 is 2.06 bits per heavy atom. The summed E-state index contributed by atoms with van der Waals surface area (Å²) >= 11 is 1.67. The number of hydrogen-bond acceptors (Lipinski definition) is 3. The van der Waals surface area contributed by atoms with Crippen molar-refractivity contribution in [1.82, 2.24) is 4.98 Å². The first-order valence-corrected chi connectivity index (χ1v) is 6.61. The third-order valence-electron chi connectivity index (χ3n) is 2.86. The number of aromatic nitrogens is 1. The highest BCUT2D eigenvalue weighted by Crippen LogP contribution is 2.27.